The third kappa shape index (κ3) is 5.36. The molecular weight excluding hydrogens is 544 g/mol. The standard InChI is InChI=1S/C24H22O16/c25-9-1-7(2-10(26)18(9)32)23-13(3-8-12(38-23)4-11(27)19(33)17(8)31)39-24-22(36)21(35)20(34)14(40-24)6-37-16(30)5-15(28)29/h1-4,14,20-22,24,34-36H,5-6H2,(H6-,25,26,27,28,29,31,32,33)/p+1/t14?,20-,21+,22?,24-/m1/s1. The second kappa shape index (κ2) is 10.8. The number of rotatable bonds is 7. The van der Waals surface area contributed by atoms with Crippen LogP contribution in [0.4, 0.5) is 0 Å². The van der Waals surface area contributed by atoms with Crippen LogP contribution in [0.25, 0.3) is 22.3 Å². The van der Waals surface area contributed by atoms with E-state index in [1.807, 2.05) is 0 Å². The summed E-state index contributed by atoms with van der Waals surface area (Å²) >= 11 is 0. The van der Waals surface area contributed by atoms with Crippen LogP contribution < -0.4 is 4.74 Å². The molecule has 16 heteroatoms. The van der Waals surface area contributed by atoms with Gasteiger partial charge in [0.15, 0.2) is 28.7 Å². The van der Waals surface area contributed by atoms with Crippen molar-refractivity contribution in [2.75, 3.05) is 6.61 Å². The Labute approximate surface area is 222 Å². The molecule has 2 heterocycles. The molecule has 5 atom stereocenters. The molecular formula is C24H23O16+. The highest BCUT2D eigenvalue weighted by Crippen LogP contribution is 2.47. The first-order valence-electron chi connectivity index (χ1n) is 11.3. The SMILES string of the molecule is O=C(O)CC(=O)OCC1O[C@@H](Oc2cc3c(O)c(O)c(O)cc3[o+]c2-c2cc(O)c(O)c(O)c2)C(O)[C@@H](O)[C@@H]1O. The number of phenolic OH excluding ortho intramolecular Hbond substituents is 6. The number of aromatic hydroxyl groups is 6. The summed E-state index contributed by atoms with van der Waals surface area (Å²) in [6.45, 7) is -0.750. The van der Waals surface area contributed by atoms with Gasteiger partial charge in [0, 0.05) is 18.2 Å². The number of aliphatic carboxylic acids is 1. The van der Waals surface area contributed by atoms with Crippen LogP contribution in [-0.4, -0.2) is 100 Å². The molecule has 1 saturated heterocycles. The molecule has 1 aliphatic rings. The van der Waals surface area contributed by atoms with Gasteiger partial charge in [0.05, 0.1) is 11.6 Å². The van der Waals surface area contributed by atoms with Gasteiger partial charge in [-0.05, 0) is 0 Å². The van der Waals surface area contributed by atoms with E-state index in [2.05, 4.69) is 0 Å². The second-order valence-corrected chi connectivity index (χ2v) is 8.69. The zero-order chi connectivity index (χ0) is 29.5. The maximum atomic E-state index is 11.6. The van der Waals surface area contributed by atoms with Crippen LogP contribution in [0.3, 0.4) is 0 Å². The predicted molar refractivity (Wildman–Crippen MR) is 127 cm³/mol. The summed E-state index contributed by atoms with van der Waals surface area (Å²) in [5, 5.41) is 99.3. The van der Waals surface area contributed by atoms with Gasteiger partial charge in [0.25, 0.3) is 0 Å². The highest BCUT2D eigenvalue weighted by Gasteiger charge is 2.46. The summed E-state index contributed by atoms with van der Waals surface area (Å²) in [6.07, 6.45) is -10.1. The number of carboxylic acid groups (broad SMARTS) is 1. The Morgan fingerprint density at radius 3 is 2.08 bits per heavy atom. The average Bonchev–Trinajstić information content (AvgIpc) is 2.89. The number of phenols is 6. The normalized spacial score (nSPS) is 22.6. The van der Waals surface area contributed by atoms with E-state index >= 15 is 0 Å². The van der Waals surface area contributed by atoms with Crippen LogP contribution in [0, 0.1) is 0 Å². The van der Waals surface area contributed by atoms with Crippen molar-refractivity contribution >= 4 is 22.9 Å². The Morgan fingerprint density at radius 2 is 1.45 bits per heavy atom. The summed E-state index contributed by atoms with van der Waals surface area (Å²) in [5.41, 5.74) is -0.396. The van der Waals surface area contributed by atoms with Crippen LogP contribution in [0.2, 0.25) is 0 Å². The topological polar surface area (TPSA) is 275 Å². The first-order valence-corrected chi connectivity index (χ1v) is 11.3. The van der Waals surface area contributed by atoms with Crippen molar-refractivity contribution in [2.24, 2.45) is 0 Å². The molecule has 214 valence electrons. The number of ether oxygens (including phenoxy) is 3. The Kier molecular flexibility index (Phi) is 7.61. The lowest BCUT2D eigenvalue weighted by Gasteiger charge is -2.39. The lowest BCUT2D eigenvalue weighted by Crippen LogP contribution is -2.60. The first-order chi connectivity index (χ1) is 18.8. The van der Waals surface area contributed by atoms with Gasteiger partial charge in [-0.3, -0.25) is 9.59 Å². The van der Waals surface area contributed by atoms with Gasteiger partial charge in [0.1, 0.15) is 42.8 Å². The summed E-state index contributed by atoms with van der Waals surface area (Å²) < 4.78 is 21.5. The summed E-state index contributed by atoms with van der Waals surface area (Å²) in [6, 6.07) is 3.84. The van der Waals surface area contributed by atoms with Gasteiger partial charge < -0.3 is 65.3 Å². The average molecular weight is 567 g/mol. The van der Waals surface area contributed by atoms with Crippen LogP contribution in [0.15, 0.2) is 28.7 Å². The quantitative estimate of drug-likeness (QED) is 0.0767. The Hall–Kier alpha value is -4.77. The molecule has 0 saturated carbocycles. The van der Waals surface area contributed by atoms with E-state index in [0.717, 1.165) is 24.3 Å². The van der Waals surface area contributed by atoms with Crippen molar-refractivity contribution in [3.8, 4) is 51.6 Å². The van der Waals surface area contributed by atoms with E-state index in [4.69, 9.17) is 23.7 Å². The Morgan fingerprint density at radius 1 is 0.825 bits per heavy atom. The molecule has 16 nitrogen and oxygen atoms in total. The molecule has 0 amide bonds. The molecule has 2 unspecified atom stereocenters. The number of carbonyl (C=O) groups is 2. The Balaban J connectivity index is 1.75. The minimum absolute atomic E-state index is 0.151. The number of aliphatic hydroxyl groups is 3. The molecule has 0 aliphatic carbocycles. The van der Waals surface area contributed by atoms with Crippen molar-refractivity contribution in [1.29, 1.82) is 0 Å². The molecule has 1 fully saturated rings. The van der Waals surface area contributed by atoms with Crippen molar-refractivity contribution in [1.82, 2.24) is 0 Å². The van der Waals surface area contributed by atoms with Crippen molar-refractivity contribution in [2.45, 2.75) is 37.1 Å². The largest absolute Gasteiger partial charge is 0.504 e. The van der Waals surface area contributed by atoms with Crippen molar-refractivity contribution < 1.29 is 79.3 Å². The smallest absolute Gasteiger partial charge is 0.402 e. The minimum Gasteiger partial charge on any atom is -0.504 e. The lowest BCUT2D eigenvalue weighted by molar-refractivity contribution is -0.278. The van der Waals surface area contributed by atoms with E-state index in [1.165, 1.54) is 0 Å². The molecule has 1 aromatic heterocycles. The fraction of sp³-hybridized carbons (Fsp3) is 0.292. The predicted octanol–water partition coefficient (Wildman–Crippen LogP) is -0.181. The first kappa shape index (κ1) is 28.2. The van der Waals surface area contributed by atoms with E-state index < -0.39 is 95.9 Å². The van der Waals surface area contributed by atoms with Crippen molar-refractivity contribution in [3.63, 3.8) is 0 Å². The number of hydrogen-bond donors (Lipinski definition) is 10. The number of benzene rings is 2. The van der Waals surface area contributed by atoms with E-state index in [9.17, 15) is 55.5 Å². The van der Waals surface area contributed by atoms with Crippen LogP contribution >= 0.6 is 0 Å². The molecule has 0 spiro atoms. The van der Waals surface area contributed by atoms with E-state index in [0.29, 0.717) is 0 Å². The van der Waals surface area contributed by atoms with Gasteiger partial charge in [-0.15, -0.1) is 0 Å². The lowest BCUT2D eigenvalue weighted by atomic mass is 9.99. The van der Waals surface area contributed by atoms with Crippen LogP contribution in [0.5, 0.6) is 40.2 Å². The summed E-state index contributed by atoms with van der Waals surface area (Å²) in [4.78, 5) is 22.3. The molecule has 2 aromatic carbocycles. The third-order valence-corrected chi connectivity index (χ3v) is 5.91. The summed E-state index contributed by atoms with van der Waals surface area (Å²) in [7, 11) is 0. The van der Waals surface area contributed by atoms with Crippen LogP contribution in [0.1, 0.15) is 6.42 Å². The maximum Gasteiger partial charge on any atom is 0.402 e. The van der Waals surface area contributed by atoms with E-state index in [-0.39, 0.29) is 22.3 Å². The number of carbonyl (C=O) groups excluding carboxylic acids is 1. The van der Waals surface area contributed by atoms with E-state index in [1.54, 1.807) is 0 Å². The number of esters is 1. The fourth-order valence-electron chi connectivity index (χ4n) is 3.87. The number of aliphatic hydroxyl groups excluding tert-OH is 3. The van der Waals surface area contributed by atoms with Gasteiger partial charge in [-0.25, -0.2) is 4.42 Å². The van der Waals surface area contributed by atoms with Gasteiger partial charge in [0.2, 0.25) is 17.8 Å². The molecule has 1 aliphatic heterocycles. The highest BCUT2D eigenvalue weighted by molar-refractivity contribution is 5.91. The van der Waals surface area contributed by atoms with Crippen LogP contribution in [-0.2, 0) is 19.1 Å². The zero-order valence-electron chi connectivity index (χ0n) is 20.0. The maximum absolute atomic E-state index is 11.6. The van der Waals surface area contributed by atoms with Gasteiger partial charge >= 0.3 is 23.3 Å². The molecule has 4 rings (SSSR count). The summed E-state index contributed by atoms with van der Waals surface area (Å²) in [5.74, 6) is -8.42. The number of fused-ring (bicyclic) bond motifs is 1. The zero-order valence-corrected chi connectivity index (χ0v) is 20.0. The number of carboxylic acids is 1. The van der Waals surface area contributed by atoms with Gasteiger partial charge in [-0.1, -0.05) is 0 Å². The fourth-order valence-corrected chi connectivity index (χ4v) is 3.87. The second-order valence-electron chi connectivity index (χ2n) is 8.69. The third-order valence-electron chi connectivity index (χ3n) is 5.91. The molecule has 3 aromatic rings. The number of hydrogen-bond acceptors (Lipinski definition) is 14. The molecule has 0 bridgehead atoms. The van der Waals surface area contributed by atoms with Gasteiger partial charge in [-0.2, -0.15) is 0 Å². The molecule has 0 radical (unpaired) electrons. The Bertz CT molecular complexity index is 1450. The highest BCUT2D eigenvalue weighted by atomic mass is 16.7. The molecule has 10 N–H and O–H groups in total. The minimum atomic E-state index is -1.95. The molecule has 40 heavy (non-hydrogen) atoms. The monoisotopic (exact) mass is 567 g/mol. The van der Waals surface area contributed by atoms with Crippen molar-refractivity contribution in [3.05, 3.63) is 24.3 Å².